The Morgan fingerprint density at radius 1 is 1.05 bits per heavy atom. The maximum atomic E-state index is 14.3. The molecule has 4 aromatic rings. The first-order valence-electron chi connectivity index (χ1n) is 11.0. The summed E-state index contributed by atoms with van der Waals surface area (Å²) in [4.78, 5) is 34.7. The number of nitrogens with zero attached hydrogens (tertiary/aromatic N) is 2. The molecule has 0 aliphatic rings. The van der Waals surface area contributed by atoms with Crippen molar-refractivity contribution in [3.05, 3.63) is 106 Å². The number of nitro benzene ring substituents is 1. The molecule has 0 fully saturated rings. The van der Waals surface area contributed by atoms with Crippen LogP contribution in [0.15, 0.2) is 71.5 Å². The van der Waals surface area contributed by atoms with Crippen LogP contribution in [0.25, 0.3) is 11.1 Å². The number of hydrogen-bond donors (Lipinski definition) is 4. The third kappa shape index (κ3) is 7.09. The van der Waals surface area contributed by atoms with E-state index >= 15 is 0 Å². The normalized spacial score (nSPS) is 10.8. The molecule has 0 saturated heterocycles. The summed E-state index contributed by atoms with van der Waals surface area (Å²) in [7, 11) is 0. The molecule has 2 amide bonds. The second-order valence-electron chi connectivity index (χ2n) is 7.94. The monoisotopic (exact) mass is 561 g/mol. The van der Waals surface area contributed by atoms with Crippen molar-refractivity contribution in [1.82, 2.24) is 4.98 Å². The molecule has 0 spiro atoms. The molecule has 0 atom stereocenters. The summed E-state index contributed by atoms with van der Waals surface area (Å²) in [5, 5.41) is 22.1. The van der Waals surface area contributed by atoms with E-state index in [0.29, 0.717) is 16.8 Å². The van der Waals surface area contributed by atoms with Crippen molar-refractivity contribution < 1.29 is 41.6 Å². The lowest BCUT2D eigenvalue weighted by molar-refractivity contribution is -0.385. The molecule has 15 heteroatoms. The Bertz CT molecular complexity index is 1550. The number of phenols is 1. The summed E-state index contributed by atoms with van der Waals surface area (Å²) in [5.41, 5.74) is 9.92. The zero-order valence-electron chi connectivity index (χ0n) is 20.1. The lowest BCUT2D eigenvalue weighted by Crippen LogP contribution is -2.11. The third-order valence-electron chi connectivity index (χ3n) is 5.25. The van der Waals surface area contributed by atoms with Gasteiger partial charge in [0.05, 0.1) is 23.1 Å². The molecule has 0 bridgehead atoms. The van der Waals surface area contributed by atoms with Crippen LogP contribution in [0, 0.1) is 15.9 Å². The summed E-state index contributed by atoms with van der Waals surface area (Å²) < 4.78 is 56.8. The zero-order valence-corrected chi connectivity index (χ0v) is 20.1. The number of amides is 2. The first-order chi connectivity index (χ1) is 18.8. The van der Waals surface area contributed by atoms with Crippen LogP contribution in [0.1, 0.15) is 32.2 Å². The zero-order chi connectivity index (χ0) is 29.6. The summed E-state index contributed by atoms with van der Waals surface area (Å²) in [6.07, 6.45) is -2.21. The lowest BCUT2D eigenvalue weighted by Gasteiger charge is -2.10. The molecule has 0 aliphatic carbocycles. The number of furan rings is 1. The Labute approximate surface area is 222 Å². The van der Waals surface area contributed by atoms with E-state index in [2.05, 4.69) is 10.3 Å². The number of phenolic OH excluding ortho intramolecular Hbond substituents is 1. The molecule has 11 nitrogen and oxygen atoms in total. The Morgan fingerprint density at radius 2 is 1.77 bits per heavy atom. The fourth-order valence-electron chi connectivity index (χ4n) is 3.27. The minimum atomic E-state index is -4.52. The fourth-order valence-corrected chi connectivity index (χ4v) is 3.27. The van der Waals surface area contributed by atoms with Gasteiger partial charge in [0.25, 0.3) is 5.91 Å². The number of alkyl halides is 3. The van der Waals surface area contributed by atoms with Crippen molar-refractivity contribution in [2.75, 3.05) is 5.32 Å². The van der Waals surface area contributed by atoms with E-state index in [1.165, 1.54) is 36.6 Å². The number of nitro groups is 1. The molecule has 2 aromatic heterocycles. The van der Waals surface area contributed by atoms with Crippen LogP contribution in [0.4, 0.5) is 28.9 Å². The number of carbonyl (C=O) groups excluding carboxylic acids is 2. The first kappa shape index (κ1) is 29.1. The number of halogens is 4. The van der Waals surface area contributed by atoms with Gasteiger partial charge < -0.3 is 26.3 Å². The Hall–Kier alpha value is -5.47. The van der Waals surface area contributed by atoms with E-state index in [1.54, 1.807) is 6.07 Å². The summed E-state index contributed by atoms with van der Waals surface area (Å²) >= 11 is 0. The highest BCUT2D eigenvalue weighted by Crippen LogP contribution is 2.29. The molecular formula is C25H19F4N5O6. The number of aromatic hydroxyl groups is 1. The van der Waals surface area contributed by atoms with E-state index in [4.69, 9.17) is 21.0 Å². The number of nitrogens with one attached hydrogen (secondary N) is 1. The summed E-state index contributed by atoms with van der Waals surface area (Å²) in [5.74, 6) is -2.67. The molecule has 40 heavy (non-hydrogen) atoms. The van der Waals surface area contributed by atoms with Crippen molar-refractivity contribution in [1.29, 1.82) is 0 Å². The van der Waals surface area contributed by atoms with Gasteiger partial charge in [0, 0.05) is 29.3 Å². The fraction of sp³-hybridized carbons (Fsp3) is 0.0800. The van der Waals surface area contributed by atoms with Crippen LogP contribution >= 0.6 is 0 Å². The van der Waals surface area contributed by atoms with Gasteiger partial charge in [-0.05, 0) is 42.0 Å². The van der Waals surface area contributed by atoms with Crippen LogP contribution < -0.4 is 16.8 Å². The quantitative estimate of drug-likeness (QED) is 0.143. The standard InChI is InChI=1S/C18H13F4N3O2.C7H6N2O4/c19-14-7-10(13-5-6-27-16(13)17(23)26)1-2-11(14)8-24-12-3-4-15(25-9-12)18(20,21)22;8-7(11)4-1-2-6(10)5(3-4)9(12)13/h1-7,9,24H,8H2,(H2,23,26);1-3,10H,(H2,8,11). The summed E-state index contributed by atoms with van der Waals surface area (Å²) in [6, 6.07) is 11.1. The van der Waals surface area contributed by atoms with E-state index in [9.17, 15) is 37.3 Å². The molecule has 0 unspecified atom stereocenters. The second-order valence-corrected chi connectivity index (χ2v) is 7.94. The van der Waals surface area contributed by atoms with Crippen molar-refractivity contribution >= 4 is 23.2 Å². The topological polar surface area (TPSA) is 188 Å². The highest BCUT2D eigenvalue weighted by molar-refractivity contribution is 5.97. The van der Waals surface area contributed by atoms with E-state index in [-0.39, 0.29) is 23.4 Å². The van der Waals surface area contributed by atoms with E-state index in [0.717, 1.165) is 24.4 Å². The van der Waals surface area contributed by atoms with Gasteiger partial charge in [0.1, 0.15) is 11.5 Å². The molecule has 4 rings (SSSR count). The second kappa shape index (κ2) is 11.9. The van der Waals surface area contributed by atoms with Crippen molar-refractivity contribution in [2.45, 2.75) is 12.7 Å². The lowest BCUT2D eigenvalue weighted by atomic mass is 10.0. The number of aromatic nitrogens is 1. The molecule has 0 radical (unpaired) electrons. The number of hydrogen-bond acceptors (Lipinski definition) is 8. The van der Waals surface area contributed by atoms with Gasteiger partial charge in [-0.25, -0.2) is 9.37 Å². The number of benzene rings is 2. The number of nitrogens with two attached hydrogens (primary N) is 2. The number of anilines is 1. The molecule has 2 heterocycles. The van der Waals surface area contributed by atoms with Crippen molar-refractivity contribution in [2.24, 2.45) is 11.5 Å². The Kier molecular flexibility index (Phi) is 8.68. The maximum Gasteiger partial charge on any atom is 0.433 e. The van der Waals surface area contributed by atoms with Gasteiger partial charge in [-0.3, -0.25) is 19.7 Å². The van der Waals surface area contributed by atoms with E-state index in [1.807, 2.05) is 0 Å². The minimum absolute atomic E-state index is 0.00972. The average molecular weight is 561 g/mol. The molecular weight excluding hydrogens is 542 g/mol. The molecule has 6 N–H and O–H groups in total. The largest absolute Gasteiger partial charge is 0.502 e. The maximum absolute atomic E-state index is 14.3. The Morgan fingerprint density at radius 3 is 2.33 bits per heavy atom. The van der Waals surface area contributed by atoms with Gasteiger partial charge in [0.15, 0.2) is 11.5 Å². The average Bonchev–Trinajstić information content (AvgIpc) is 3.39. The smallest absolute Gasteiger partial charge is 0.433 e. The summed E-state index contributed by atoms with van der Waals surface area (Å²) in [6.45, 7) is 0.0349. The number of carbonyl (C=O) groups is 2. The first-order valence-corrected chi connectivity index (χ1v) is 11.0. The number of rotatable bonds is 7. The SMILES string of the molecule is NC(=O)c1ccc(O)c([N+](=O)[O-])c1.NC(=O)c1occc1-c1ccc(CNc2ccc(C(F)(F)F)nc2)c(F)c1. The van der Waals surface area contributed by atoms with Crippen molar-refractivity contribution in [3.8, 4) is 16.9 Å². The predicted molar refractivity (Wildman–Crippen MR) is 132 cm³/mol. The molecule has 0 saturated carbocycles. The molecule has 2 aromatic carbocycles. The number of primary amides is 2. The van der Waals surface area contributed by atoms with E-state index < -0.39 is 45.9 Å². The van der Waals surface area contributed by atoms with Crippen LogP contribution in [-0.2, 0) is 12.7 Å². The van der Waals surface area contributed by atoms with Crippen LogP contribution in [-0.4, -0.2) is 26.8 Å². The predicted octanol–water partition coefficient (Wildman–Crippen LogP) is 4.61. The highest BCUT2D eigenvalue weighted by Gasteiger charge is 2.32. The van der Waals surface area contributed by atoms with Crippen LogP contribution in [0.2, 0.25) is 0 Å². The third-order valence-corrected chi connectivity index (χ3v) is 5.25. The molecule has 208 valence electrons. The molecule has 0 aliphatic heterocycles. The van der Waals surface area contributed by atoms with Crippen LogP contribution in [0.5, 0.6) is 5.75 Å². The van der Waals surface area contributed by atoms with Gasteiger partial charge >= 0.3 is 11.9 Å². The Balaban J connectivity index is 0.000000285. The van der Waals surface area contributed by atoms with Gasteiger partial charge in [-0.1, -0.05) is 12.1 Å². The van der Waals surface area contributed by atoms with Gasteiger partial charge in [-0.2, -0.15) is 13.2 Å². The number of pyridine rings is 1. The van der Waals surface area contributed by atoms with Crippen LogP contribution in [0.3, 0.4) is 0 Å². The van der Waals surface area contributed by atoms with Gasteiger partial charge in [0.2, 0.25) is 5.91 Å². The highest BCUT2D eigenvalue weighted by atomic mass is 19.4. The van der Waals surface area contributed by atoms with Gasteiger partial charge in [-0.15, -0.1) is 0 Å². The van der Waals surface area contributed by atoms with Crippen molar-refractivity contribution in [3.63, 3.8) is 0 Å². The minimum Gasteiger partial charge on any atom is -0.502 e.